The van der Waals surface area contributed by atoms with Gasteiger partial charge in [0.2, 0.25) is 0 Å². The third-order valence-corrected chi connectivity index (χ3v) is 5.91. The van der Waals surface area contributed by atoms with Crippen molar-refractivity contribution in [2.75, 3.05) is 20.2 Å². The zero-order valence-electron chi connectivity index (χ0n) is 17.4. The number of imidazole rings is 1. The Bertz CT molecular complexity index is 1060. The highest BCUT2D eigenvalue weighted by atomic mass is 16.5. The molecule has 0 saturated carbocycles. The van der Waals surface area contributed by atoms with Crippen LogP contribution in [0.15, 0.2) is 48.8 Å². The number of carbonyl (C=O) groups is 2. The van der Waals surface area contributed by atoms with E-state index in [4.69, 9.17) is 4.74 Å². The standard InChI is InChI=1S/C22H25N5O3/c1-15-16(2)26(21(28)19-13-23-20-5-4-10-24-27(19)20)12-11-25(15)14-17-6-8-18(9-7-17)22(29)30-3/h4-10,13,15-16H,11-12,14H2,1-3H3/t15-,16+/m0/s1. The number of esters is 1. The number of benzene rings is 1. The fourth-order valence-corrected chi connectivity index (χ4v) is 3.94. The van der Waals surface area contributed by atoms with Crippen molar-refractivity contribution in [3.63, 3.8) is 0 Å². The molecule has 1 aliphatic rings. The molecule has 8 nitrogen and oxygen atoms in total. The minimum atomic E-state index is -0.336. The molecule has 0 unspecified atom stereocenters. The van der Waals surface area contributed by atoms with Crippen LogP contribution in [0.5, 0.6) is 0 Å². The van der Waals surface area contributed by atoms with Crippen LogP contribution in [0.2, 0.25) is 0 Å². The molecule has 8 heteroatoms. The average Bonchev–Trinajstić information content (AvgIpc) is 3.21. The quantitative estimate of drug-likeness (QED) is 0.617. The van der Waals surface area contributed by atoms with E-state index in [9.17, 15) is 9.59 Å². The molecule has 1 aliphatic heterocycles. The minimum Gasteiger partial charge on any atom is -0.465 e. The second-order valence-corrected chi connectivity index (χ2v) is 7.58. The van der Waals surface area contributed by atoms with Gasteiger partial charge in [-0.3, -0.25) is 9.69 Å². The number of ether oxygens (including phenoxy) is 1. The summed E-state index contributed by atoms with van der Waals surface area (Å²) in [5.74, 6) is -0.389. The van der Waals surface area contributed by atoms with Gasteiger partial charge in [0.05, 0.1) is 18.9 Å². The van der Waals surface area contributed by atoms with E-state index in [0.29, 0.717) is 23.4 Å². The first-order chi connectivity index (χ1) is 14.5. The molecule has 0 N–H and O–H groups in total. The highest BCUT2D eigenvalue weighted by molar-refractivity contribution is 5.93. The number of hydrogen-bond donors (Lipinski definition) is 0. The highest BCUT2D eigenvalue weighted by Crippen LogP contribution is 2.22. The van der Waals surface area contributed by atoms with Crippen molar-refractivity contribution >= 4 is 17.5 Å². The van der Waals surface area contributed by atoms with Gasteiger partial charge in [-0.1, -0.05) is 12.1 Å². The molecular weight excluding hydrogens is 382 g/mol. The van der Waals surface area contributed by atoms with E-state index in [1.807, 2.05) is 23.1 Å². The third-order valence-electron chi connectivity index (χ3n) is 5.91. The molecule has 0 aliphatic carbocycles. The van der Waals surface area contributed by atoms with Gasteiger partial charge in [-0.2, -0.15) is 5.10 Å². The number of amides is 1. The maximum Gasteiger partial charge on any atom is 0.337 e. The average molecular weight is 407 g/mol. The monoisotopic (exact) mass is 407 g/mol. The van der Waals surface area contributed by atoms with Crippen molar-refractivity contribution in [3.05, 3.63) is 65.6 Å². The summed E-state index contributed by atoms with van der Waals surface area (Å²) in [5, 5.41) is 4.26. The topological polar surface area (TPSA) is 80.0 Å². The van der Waals surface area contributed by atoms with Crippen molar-refractivity contribution in [2.24, 2.45) is 0 Å². The lowest BCUT2D eigenvalue weighted by Gasteiger charge is -2.45. The zero-order chi connectivity index (χ0) is 21.3. The number of nitrogens with zero attached hydrogens (tertiary/aromatic N) is 5. The van der Waals surface area contributed by atoms with Crippen molar-refractivity contribution in [1.29, 1.82) is 0 Å². The van der Waals surface area contributed by atoms with Crippen LogP contribution in [-0.4, -0.2) is 68.6 Å². The van der Waals surface area contributed by atoms with Gasteiger partial charge in [0, 0.05) is 37.9 Å². The van der Waals surface area contributed by atoms with E-state index in [0.717, 1.165) is 18.7 Å². The maximum absolute atomic E-state index is 13.2. The van der Waals surface area contributed by atoms with Crippen molar-refractivity contribution in [3.8, 4) is 0 Å². The Hall–Kier alpha value is -3.26. The summed E-state index contributed by atoms with van der Waals surface area (Å²) in [4.78, 5) is 33.3. The highest BCUT2D eigenvalue weighted by Gasteiger charge is 2.34. The van der Waals surface area contributed by atoms with E-state index in [1.54, 1.807) is 35.1 Å². The molecule has 0 spiro atoms. The molecule has 1 aromatic carbocycles. The zero-order valence-corrected chi connectivity index (χ0v) is 17.4. The molecule has 0 radical (unpaired) electrons. The second-order valence-electron chi connectivity index (χ2n) is 7.58. The smallest absolute Gasteiger partial charge is 0.337 e. The predicted octanol–water partition coefficient (Wildman–Crippen LogP) is 2.25. The number of fused-ring (bicyclic) bond motifs is 1. The lowest BCUT2D eigenvalue weighted by molar-refractivity contribution is 0.0244. The first-order valence-corrected chi connectivity index (χ1v) is 10.0. The summed E-state index contributed by atoms with van der Waals surface area (Å²) >= 11 is 0. The van der Waals surface area contributed by atoms with Crippen molar-refractivity contribution in [1.82, 2.24) is 24.4 Å². The summed E-state index contributed by atoms with van der Waals surface area (Å²) < 4.78 is 6.34. The molecule has 3 heterocycles. The van der Waals surface area contributed by atoms with Crippen LogP contribution in [-0.2, 0) is 11.3 Å². The third kappa shape index (κ3) is 3.66. The van der Waals surface area contributed by atoms with E-state index in [2.05, 4.69) is 28.8 Å². The van der Waals surface area contributed by atoms with Crippen LogP contribution in [0.3, 0.4) is 0 Å². The Balaban J connectivity index is 1.45. The molecule has 156 valence electrons. The van der Waals surface area contributed by atoms with Gasteiger partial charge in [-0.05, 0) is 43.7 Å². The van der Waals surface area contributed by atoms with Gasteiger partial charge in [0.1, 0.15) is 0 Å². The fourth-order valence-electron chi connectivity index (χ4n) is 3.94. The molecule has 30 heavy (non-hydrogen) atoms. The number of carbonyl (C=O) groups excluding carboxylic acids is 2. The fraction of sp³-hybridized carbons (Fsp3) is 0.364. The van der Waals surface area contributed by atoms with Crippen LogP contribution >= 0.6 is 0 Å². The first kappa shape index (κ1) is 20.0. The predicted molar refractivity (Wildman–Crippen MR) is 111 cm³/mol. The largest absolute Gasteiger partial charge is 0.465 e. The van der Waals surface area contributed by atoms with Crippen LogP contribution in [0, 0.1) is 0 Å². The van der Waals surface area contributed by atoms with Gasteiger partial charge in [0.25, 0.3) is 5.91 Å². The molecule has 4 rings (SSSR count). The summed E-state index contributed by atoms with van der Waals surface area (Å²) in [7, 11) is 1.38. The van der Waals surface area contributed by atoms with Crippen molar-refractivity contribution in [2.45, 2.75) is 32.5 Å². The van der Waals surface area contributed by atoms with E-state index in [1.165, 1.54) is 7.11 Å². The van der Waals surface area contributed by atoms with Gasteiger partial charge < -0.3 is 9.64 Å². The van der Waals surface area contributed by atoms with E-state index in [-0.39, 0.29) is 24.0 Å². The minimum absolute atomic E-state index is 0.0369. The van der Waals surface area contributed by atoms with Crippen LogP contribution in [0.4, 0.5) is 0 Å². The van der Waals surface area contributed by atoms with Crippen LogP contribution in [0.1, 0.15) is 40.3 Å². The Morgan fingerprint density at radius 3 is 2.60 bits per heavy atom. The molecule has 1 fully saturated rings. The van der Waals surface area contributed by atoms with Gasteiger partial charge in [-0.15, -0.1) is 0 Å². The van der Waals surface area contributed by atoms with E-state index < -0.39 is 0 Å². The molecule has 2 aromatic heterocycles. The lowest BCUT2D eigenvalue weighted by Crippen LogP contribution is -2.58. The Labute approximate surface area is 175 Å². The van der Waals surface area contributed by atoms with Crippen molar-refractivity contribution < 1.29 is 14.3 Å². The number of rotatable bonds is 4. The Morgan fingerprint density at radius 2 is 1.87 bits per heavy atom. The van der Waals surface area contributed by atoms with Crippen LogP contribution < -0.4 is 0 Å². The maximum atomic E-state index is 13.2. The summed E-state index contributed by atoms with van der Waals surface area (Å²) in [6.07, 6.45) is 3.25. The molecular formula is C22H25N5O3. The lowest BCUT2D eigenvalue weighted by atomic mass is 10.0. The second kappa shape index (κ2) is 8.23. The first-order valence-electron chi connectivity index (χ1n) is 10.0. The molecule has 2 atom stereocenters. The van der Waals surface area contributed by atoms with E-state index >= 15 is 0 Å². The molecule has 1 saturated heterocycles. The summed E-state index contributed by atoms with van der Waals surface area (Å²) in [5.41, 5.74) is 2.80. The van der Waals surface area contributed by atoms with Gasteiger partial charge >= 0.3 is 5.97 Å². The number of methoxy groups -OCH3 is 1. The van der Waals surface area contributed by atoms with Gasteiger partial charge in [0.15, 0.2) is 11.3 Å². The molecule has 1 amide bonds. The number of hydrogen-bond acceptors (Lipinski definition) is 6. The Morgan fingerprint density at radius 1 is 1.10 bits per heavy atom. The normalized spacial score (nSPS) is 19.8. The number of piperazine rings is 1. The molecule has 0 bridgehead atoms. The SMILES string of the molecule is COC(=O)c1ccc(CN2CCN(C(=O)c3cnc4cccnn34)[C@H](C)[C@@H]2C)cc1. The van der Waals surface area contributed by atoms with Gasteiger partial charge in [-0.25, -0.2) is 14.3 Å². The Kier molecular flexibility index (Phi) is 5.50. The number of aromatic nitrogens is 3. The molecule has 3 aromatic rings. The summed E-state index contributed by atoms with van der Waals surface area (Å²) in [6.45, 7) is 6.36. The summed E-state index contributed by atoms with van der Waals surface area (Å²) in [6, 6.07) is 11.3. The van der Waals surface area contributed by atoms with Crippen LogP contribution in [0.25, 0.3) is 5.65 Å².